The Kier molecular flexibility index (Phi) is 4.20. The highest BCUT2D eigenvalue weighted by Gasteiger charge is 2.17. The zero-order chi connectivity index (χ0) is 14.0. The molecule has 3 N–H and O–H groups in total. The first kappa shape index (κ1) is 14.0. The van der Waals surface area contributed by atoms with Crippen molar-refractivity contribution in [2.45, 2.75) is 26.8 Å². The maximum atomic E-state index is 6.18. The smallest absolute Gasteiger partial charge is 0.0884 e. The summed E-state index contributed by atoms with van der Waals surface area (Å²) in [6, 6.07) is 7.89. The summed E-state index contributed by atoms with van der Waals surface area (Å²) in [5.74, 6) is 5.70. The summed E-state index contributed by atoms with van der Waals surface area (Å²) in [6.07, 6.45) is 1.85. The molecule has 0 radical (unpaired) electrons. The molecule has 0 bridgehead atoms. The second-order valence-corrected chi connectivity index (χ2v) is 5.23. The lowest BCUT2D eigenvalue weighted by Gasteiger charge is -2.19. The number of hydrogen-bond acceptors (Lipinski definition) is 3. The van der Waals surface area contributed by atoms with E-state index in [-0.39, 0.29) is 6.04 Å². The second-order valence-electron chi connectivity index (χ2n) is 4.82. The molecule has 0 spiro atoms. The van der Waals surface area contributed by atoms with Gasteiger partial charge in [0.25, 0.3) is 0 Å². The number of aryl methyl sites for hydroxylation is 3. The number of halogens is 1. The van der Waals surface area contributed by atoms with E-state index in [1.807, 2.05) is 45.2 Å². The average Bonchev–Trinajstić information content (AvgIpc) is 2.37. The first-order chi connectivity index (χ1) is 9.02. The van der Waals surface area contributed by atoms with Crippen molar-refractivity contribution in [3.8, 4) is 0 Å². The van der Waals surface area contributed by atoms with E-state index < -0.39 is 0 Å². The lowest BCUT2D eigenvalue weighted by atomic mass is 9.99. The third-order valence-corrected chi connectivity index (χ3v) is 3.63. The van der Waals surface area contributed by atoms with Crippen molar-refractivity contribution in [3.63, 3.8) is 0 Å². The number of hydrazine groups is 1. The Morgan fingerprint density at radius 3 is 2.47 bits per heavy atom. The Morgan fingerprint density at radius 2 is 1.89 bits per heavy atom. The van der Waals surface area contributed by atoms with E-state index in [0.717, 1.165) is 33.0 Å². The third-order valence-electron chi connectivity index (χ3n) is 3.22. The largest absolute Gasteiger partial charge is 0.271 e. The predicted octanol–water partition coefficient (Wildman–Crippen LogP) is 3.21. The summed E-state index contributed by atoms with van der Waals surface area (Å²) >= 11 is 6.18. The Bertz CT molecular complexity index is 596. The first-order valence-corrected chi connectivity index (χ1v) is 6.56. The molecule has 3 nitrogen and oxygen atoms in total. The minimum atomic E-state index is -0.154. The summed E-state index contributed by atoms with van der Waals surface area (Å²) in [5, 5.41) is 0.738. The Balaban J connectivity index is 2.46. The van der Waals surface area contributed by atoms with Crippen LogP contribution in [0.15, 0.2) is 30.5 Å². The molecule has 1 heterocycles. The van der Waals surface area contributed by atoms with Crippen molar-refractivity contribution in [3.05, 3.63) is 63.4 Å². The van der Waals surface area contributed by atoms with E-state index in [2.05, 4.69) is 16.5 Å². The van der Waals surface area contributed by atoms with Crippen LogP contribution < -0.4 is 11.3 Å². The van der Waals surface area contributed by atoms with E-state index in [0.29, 0.717) is 0 Å². The fourth-order valence-electron chi connectivity index (χ4n) is 2.15. The number of aromatic nitrogens is 1. The average molecular weight is 276 g/mol. The van der Waals surface area contributed by atoms with Crippen LogP contribution in [0.2, 0.25) is 5.02 Å². The van der Waals surface area contributed by atoms with Crippen LogP contribution in [0.25, 0.3) is 0 Å². The molecule has 2 aromatic rings. The molecular weight excluding hydrogens is 258 g/mol. The lowest BCUT2D eigenvalue weighted by molar-refractivity contribution is 0.616. The van der Waals surface area contributed by atoms with Crippen molar-refractivity contribution in [1.29, 1.82) is 0 Å². The first-order valence-electron chi connectivity index (χ1n) is 6.18. The zero-order valence-electron chi connectivity index (χ0n) is 11.4. The third kappa shape index (κ3) is 2.95. The zero-order valence-corrected chi connectivity index (χ0v) is 12.1. The van der Waals surface area contributed by atoms with Crippen LogP contribution in [0.1, 0.15) is 34.0 Å². The van der Waals surface area contributed by atoms with Gasteiger partial charge in [0, 0.05) is 11.2 Å². The van der Waals surface area contributed by atoms with E-state index in [1.54, 1.807) is 0 Å². The molecule has 1 atom stereocenters. The molecule has 0 saturated heterocycles. The van der Waals surface area contributed by atoms with Gasteiger partial charge in [0.15, 0.2) is 0 Å². The molecule has 19 heavy (non-hydrogen) atoms. The van der Waals surface area contributed by atoms with Crippen molar-refractivity contribution in [1.82, 2.24) is 10.4 Å². The van der Waals surface area contributed by atoms with Crippen LogP contribution in [0.3, 0.4) is 0 Å². The van der Waals surface area contributed by atoms with Gasteiger partial charge < -0.3 is 0 Å². The number of pyridine rings is 1. The van der Waals surface area contributed by atoms with Crippen molar-refractivity contribution in [2.75, 3.05) is 0 Å². The van der Waals surface area contributed by atoms with Gasteiger partial charge in [-0.25, -0.2) is 5.43 Å². The molecule has 1 aromatic carbocycles. The van der Waals surface area contributed by atoms with Gasteiger partial charge in [0.1, 0.15) is 0 Å². The van der Waals surface area contributed by atoms with Crippen LogP contribution in [0.4, 0.5) is 0 Å². The van der Waals surface area contributed by atoms with Crippen LogP contribution in [-0.4, -0.2) is 4.98 Å². The number of nitrogens with two attached hydrogens (primary N) is 1. The highest BCUT2D eigenvalue weighted by Crippen LogP contribution is 2.26. The van der Waals surface area contributed by atoms with Crippen LogP contribution in [0.5, 0.6) is 0 Å². The van der Waals surface area contributed by atoms with Gasteiger partial charge in [-0.2, -0.15) is 0 Å². The van der Waals surface area contributed by atoms with Gasteiger partial charge in [-0.15, -0.1) is 0 Å². The topological polar surface area (TPSA) is 50.9 Å². The van der Waals surface area contributed by atoms with E-state index in [1.165, 1.54) is 0 Å². The molecular formula is C15H18ClN3. The molecule has 0 aliphatic carbocycles. The fourth-order valence-corrected chi connectivity index (χ4v) is 2.34. The molecule has 0 saturated carbocycles. The maximum absolute atomic E-state index is 6.18. The van der Waals surface area contributed by atoms with Crippen molar-refractivity contribution in [2.24, 2.45) is 5.84 Å². The van der Waals surface area contributed by atoms with Crippen LogP contribution >= 0.6 is 11.6 Å². The second kappa shape index (κ2) is 5.70. The lowest BCUT2D eigenvalue weighted by Crippen LogP contribution is -2.30. The summed E-state index contributed by atoms with van der Waals surface area (Å²) in [7, 11) is 0. The summed E-state index contributed by atoms with van der Waals surface area (Å²) in [5.41, 5.74) is 8.06. The van der Waals surface area contributed by atoms with Gasteiger partial charge in [0.05, 0.1) is 11.7 Å². The maximum Gasteiger partial charge on any atom is 0.0884 e. The van der Waals surface area contributed by atoms with E-state index >= 15 is 0 Å². The SMILES string of the molecule is Cc1cnc(C(NN)c2ccc(C)c(Cl)c2)c(C)c1. The Morgan fingerprint density at radius 1 is 1.16 bits per heavy atom. The molecule has 4 heteroatoms. The molecule has 0 fully saturated rings. The monoisotopic (exact) mass is 275 g/mol. The molecule has 0 amide bonds. The van der Waals surface area contributed by atoms with E-state index in [4.69, 9.17) is 17.4 Å². The van der Waals surface area contributed by atoms with Crippen LogP contribution in [-0.2, 0) is 0 Å². The molecule has 0 aliphatic heterocycles. The number of hydrogen-bond donors (Lipinski definition) is 2. The summed E-state index contributed by atoms with van der Waals surface area (Å²) in [4.78, 5) is 4.49. The molecule has 1 unspecified atom stereocenters. The normalized spacial score (nSPS) is 12.5. The molecule has 2 rings (SSSR count). The number of nitrogens with one attached hydrogen (secondary N) is 1. The molecule has 0 aliphatic rings. The Labute approximate surface area is 118 Å². The summed E-state index contributed by atoms with van der Waals surface area (Å²) in [6.45, 7) is 6.04. The van der Waals surface area contributed by atoms with Gasteiger partial charge in [-0.1, -0.05) is 29.8 Å². The Hall–Kier alpha value is -1.42. The van der Waals surface area contributed by atoms with Gasteiger partial charge in [-0.05, 0) is 49.1 Å². The van der Waals surface area contributed by atoms with E-state index in [9.17, 15) is 0 Å². The minimum absolute atomic E-state index is 0.154. The number of nitrogens with zero attached hydrogens (tertiary/aromatic N) is 1. The fraction of sp³-hybridized carbons (Fsp3) is 0.267. The number of benzene rings is 1. The van der Waals surface area contributed by atoms with Crippen molar-refractivity contribution >= 4 is 11.6 Å². The molecule has 100 valence electrons. The summed E-state index contributed by atoms with van der Waals surface area (Å²) < 4.78 is 0. The standard InChI is InChI=1S/C15H18ClN3/c1-9-6-11(3)14(18-8-9)15(19-17)12-5-4-10(2)13(16)7-12/h4-8,15,19H,17H2,1-3H3. The highest BCUT2D eigenvalue weighted by atomic mass is 35.5. The minimum Gasteiger partial charge on any atom is -0.271 e. The van der Waals surface area contributed by atoms with Gasteiger partial charge >= 0.3 is 0 Å². The predicted molar refractivity (Wildman–Crippen MR) is 79.1 cm³/mol. The van der Waals surface area contributed by atoms with Crippen LogP contribution in [0, 0.1) is 20.8 Å². The number of rotatable bonds is 3. The molecule has 1 aromatic heterocycles. The highest BCUT2D eigenvalue weighted by molar-refractivity contribution is 6.31. The quantitative estimate of drug-likeness (QED) is 0.668. The van der Waals surface area contributed by atoms with Gasteiger partial charge in [-0.3, -0.25) is 10.8 Å². The van der Waals surface area contributed by atoms with Gasteiger partial charge in [0.2, 0.25) is 0 Å². The van der Waals surface area contributed by atoms with Crippen molar-refractivity contribution < 1.29 is 0 Å².